The Kier molecular flexibility index (Phi) is 5.06. The van der Waals surface area contributed by atoms with E-state index in [1.165, 1.54) is 18.2 Å². The zero-order chi connectivity index (χ0) is 13.7. The zero-order valence-corrected chi connectivity index (χ0v) is 10.6. The van der Waals surface area contributed by atoms with Crippen LogP contribution >= 0.6 is 11.6 Å². The van der Waals surface area contributed by atoms with Gasteiger partial charge in [-0.15, -0.1) is 0 Å². The molecule has 0 saturated heterocycles. The minimum Gasteiger partial charge on any atom is -0.328 e. The molecular formula is C11H14ClN3O3. The summed E-state index contributed by atoms with van der Waals surface area (Å²) in [5.74, 6) is -0.197. The molecule has 0 saturated carbocycles. The number of nitrogens with one attached hydrogen (secondary N) is 1. The Labute approximate surface area is 109 Å². The van der Waals surface area contributed by atoms with Crippen molar-refractivity contribution in [2.24, 2.45) is 5.73 Å². The Bertz CT molecular complexity index is 463. The molecule has 1 atom stereocenters. The number of nitro groups is 1. The Hall–Kier alpha value is -1.66. The van der Waals surface area contributed by atoms with E-state index in [2.05, 4.69) is 5.32 Å². The number of halogens is 1. The van der Waals surface area contributed by atoms with E-state index in [9.17, 15) is 14.9 Å². The fourth-order valence-corrected chi connectivity index (χ4v) is 1.56. The number of nitrogens with two attached hydrogens (primary N) is 1. The van der Waals surface area contributed by atoms with Gasteiger partial charge in [0.05, 0.1) is 4.92 Å². The van der Waals surface area contributed by atoms with Gasteiger partial charge in [-0.2, -0.15) is 0 Å². The number of carbonyl (C=O) groups excluding carboxylic acids is 1. The Morgan fingerprint density at radius 1 is 1.61 bits per heavy atom. The van der Waals surface area contributed by atoms with Crippen LogP contribution in [0.3, 0.4) is 0 Å². The van der Waals surface area contributed by atoms with E-state index in [1.54, 1.807) is 0 Å². The highest BCUT2D eigenvalue weighted by molar-refractivity contribution is 6.33. The summed E-state index contributed by atoms with van der Waals surface area (Å²) in [4.78, 5) is 21.5. The maximum Gasteiger partial charge on any atom is 0.288 e. The van der Waals surface area contributed by atoms with Gasteiger partial charge in [0, 0.05) is 24.2 Å². The number of hydrogen-bond donors (Lipinski definition) is 2. The molecule has 0 aromatic heterocycles. The van der Waals surface area contributed by atoms with E-state index < -0.39 is 4.92 Å². The molecule has 0 aliphatic carbocycles. The summed E-state index contributed by atoms with van der Waals surface area (Å²) >= 11 is 5.72. The fourth-order valence-electron chi connectivity index (χ4n) is 1.31. The Morgan fingerprint density at radius 2 is 2.28 bits per heavy atom. The van der Waals surface area contributed by atoms with Crippen molar-refractivity contribution >= 4 is 28.9 Å². The van der Waals surface area contributed by atoms with Gasteiger partial charge in [0.25, 0.3) is 5.69 Å². The Morgan fingerprint density at radius 3 is 2.78 bits per heavy atom. The van der Waals surface area contributed by atoms with Gasteiger partial charge in [-0.25, -0.2) is 0 Å². The molecule has 98 valence electrons. The normalized spacial score (nSPS) is 11.9. The predicted octanol–water partition coefficient (Wildman–Crippen LogP) is 2.31. The molecule has 0 fully saturated rings. The van der Waals surface area contributed by atoms with E-state index in [-0.39, 0.29) is 22.7 Å². The first-order valence-electron chi connectivity index (χ1n) is 5.39. The van der Waals surface area contributed by atoms with Crippen LogP contribution in [-0.4, -0.2) is 16.9 Å². The minimum atomic E-state index is -0.579. The Balaban J connectivity index is 2.66. The second-order valence-corrected chi connectivity index (χ2v) is 4.39. The summed E-state index contributed by atoms with van der Waals surface area (Å²) in [6.07, 6.45) is 0.874. The van der Waals surface area contributed by atoms with Gasteiger partial charge in [-0.3, -0.25) is 14.9 Å². The van der Waals surface area contributed by atoms with Crippen molar-refractivity contribution < 1.29 is 9.72 Å². The number of amides is 1. The molecule has 0 spiro atoms. The summed E-state index contributed by atoms with van der Waals surface area (Å²) in [5, 5.41) is 13.1. The monoisotopic (exact) mass is 271 g/mol. The molecule has 0 bridgehead atoms. The predicted molar refractivity (Wildman–Crippen MR) is 69.6 cm³/mol. The van der Waals surface area contributed by atoms with Crippen LogP contribution in [0.5, 0.6) is 0 Å². The smallest absolute Gasteiger partial charge is 0.288 e. The molecular weight excluding hydrogens is 258 g/mol. The lowest BCUT2D eigenvalue weighted by atomic mass is 10.2. The van der Waals surface area contributed by atoms with Gasteiger partial charge in [0.2, 0.25) is 5.91 Å². The van der Waals surface area contributed by atoms with Crippen LogP contribution in [0.1, 0.15) is 19.8 Å². The molecule has 18 heavy (non-hydrogen) atoms. The maximum atomic E-state index is 11.5. The minimum absolute atomic E-state index is 0.00927. The lowest BCUT2D eigenvalue weighted by Gasteiger charge is -2.07. The van der Waals surface area contributed by atoms with E-state index in [1.807, 2.05) is 6.92 Å². The topological polar surface area (TPSA) is 98.3 Å². The van der Waals surface area contributed by atoms with Crippen LogP contribution in [0.2, 0.25) is 5.02 Å². The molecule has 1 aromatic carbocycles. The van der Waals surface area contributed by atoms with Gasteiger partial charge in [0.1, 0.15) is 5.02 Å². The quantitative estimate of drug-likeness (QED) is 0.634. The van der Waals surface area contributed by atoms with Crippen LogP contribution < -0.4 is 11.1 Å². The summed E-state index contributed by atoms with van der Waals surface area (Å²) < 4.78 is 0. The van der Waals surface area contributed by atoms with Gasteiger partial charge in [-0.05, 0) is 25.5 Å². The largest absolute Gasteiger partial charge is 0.328 e. The first-order valence-corrected chi connectivity index (χ1v) is 5.77. The van der Waals surface area contributed by atoms with E-state index in [0.717, 1.165) is 0 Å². The van der Waals surface area contributed by atoms with Crippen molar-refractivity contribution in [2.75, 3.05) is 5.32 Å². The zero-order valence-electron chi connectivity index (χ0n) is 9.85. The lowest BCUT2D eigenvalue weighted by molar-refractivity contribution is -0.384. The van der Waals surface area contributed by atoms with Crippen LogP contribution in [0, 0.1) is 10.1 Å². The number of benzene rings is 1. The summed E-state index contributed by atoms with van der Waals surface area (Å²) in [7, 11) is 0. The third-order valence-corrected chi connectivity index (χ3v) is 2.56. The molecule has 6 nitrogen and oxygen atoms in total. The molecule has 0 aliphatic rings. The van der Waals surface area contributed by atoms with Gasteiger partial charge in [-0.1, -0.05) is 11.6 Å². The van der Waals surface area contributed by atoms with Crippen LogP contribution in [0.25, 0.3) is 0 Å². The van der Waals surface area contributed by atoms with Crippen LogP contribution in [0.4, 0.5) is 11.4 Å². The highest BCUT2D eigenvalue weighted by Gasteiger charge is 2.13. The van der Waals surface area contributed by atoms with E-state index in [0.29, 0.717) is 18.5 Å². The molecule has 1 amide bonds. The molecule has 0 aliphatic heterocycles. The number of hydrogen-bond acceptors (Lipinski definition) is 4. The first kappa shape index (κ1) is 14.4. The number of carbonyl (C=O) groups is 1. The summed E-state index contributed by atoms with van der Waals surface area (Å²) in [6.45, 7) is 1.82. The van der Waals surface area contributed by atoms with Crippen molar-refractivity contribution in [2.45, 2.75) is 25.8 Å². The second-order valence-electron chi connectivity index (χ2n) is 3.99. The molecule has 0 heterocycles. The highest BCUT2D eigenvalue weighted by Crippen LogP contribution is 2.27. The van der Waals surface area contributed by atoms with Crippen LogP contribution in [0.15, 0.2) is 18.2 Å². The van der Waals surface area contributed by atoms with Crippen molar-refractivity contribution in [1.29, 1.82) is 0 Å². The number of nitro benzene ring substituents is 1. The van der Waals surface area contributed by atoms with Gasteiger partial charge < -0.3 is 11.1 Å². The standard InChI is InChI=1S/C11H14ClN3O3/c1-7(13)2-5-11(16)14-8-3-4-10(15(17)18)9(12)6-8/h3-4,6-7H,2,5,13H2,1H3,(H,14,16). The summed E-state index contributed by atoms with van der Waals surface area (Å²) in [5.41, 5.74) is 5.78. The van der Waals surface area contributed by atoms with Crippen molar-refractivity contribution in [1.82, 2.24) is 0 Å². The third kappa shape index (κ3) is 4.31. The third-order valence-electron chi connectivity index (χ3n) is 2.25. The maximum absolute atomic E-state index is 11.5. The molecule has 1 rings (SSSR count). The van der Waals surface area contributed by atoms with Gasteiger partial charge in [0.15, 0.2) is 0 Å². The van der Waals surface area contributed by atoms with Gasteiger partial charge >= 0.3 is 0 Å². The first-order chi connectivity index (χ1) is 8.40. The van der Waals surface area contributed by atoms with Crippen molar-refractivity contribution in [3.8, 4) is 0 Å². The lowest BCUT2D eigenvalue weighted by Crippen LogP contribution is -2.19. The summed E-state index contributed by atoms with van der Waals surface area (Å²) in [6, 6.07) is 4.00. The number of anilines is 1. The average Bonchev–Trinajstić information content (AvgIpc) is 2.26. The number of nitrogens with zero attached hydrogens (tertiary/aromatic N) is 1. The fraction of sp³-hybridized carbons (Fsp3) is 0.364. The van der Waals surface area contributed by atoms with Crippen LogP contribution in [-0.2, 0) is 4.79 Å². The molecule has 1 aromatic rings. The SMILES string of the molecule is CC(N)CCC(=O)Nc1ccc([N+](=O)[O-])c(Cl)c1. The molecule has 1 unspecified atom stereocenters. The molecule has 3 N–H and O–H groups in total. The average molecular weight is 272 g/mol. The molecule has 7 heteroatoms. The molecule has 0 radical (unpaired) electrons. The number of rotatable bonds is 5. The van der Waals surface area contributed by atoms with E-state index in [4.69, 9.17) is 17.3 Å². The highest BCUT2D eigenvalue weighted by atomic mass is 35.5. The second kappa shape index (κ2) is 6.32. The van der Waals surface area contributed by atoms with Crippen molar-refractivity contribution in [3.63, 3.8) is 0 Å². The van der Waals surface area contributed by atoms with Crippen molar-refractivity contribution in [3.05, 3.63) is 33.3 Å². The van der Waals surface area contributed by atoms with E-state index >= 15 is 0 Å².